The minimum atomic E-state index is -4.78. The van der Waals surface area contributed by atoms with Crippen molar-refractivity contribution >= 4 is 23.8 Å². The summed E-state index contributed by atoms with van der Waals surface area (Å²) in [4.78, 5) is 22.9. The first-order valence-electron chi connectivity index (χ1n) is 9.97. The van der Waals surface area contributed by atoms with Gasteiger partial charge in [0.1, 0.15) is 18.0 Å². The van der Waals surface area contributed by atoms with Gasteiger partial charge in [0, 0.05) is 18.3 Å². The van der Waals surface area contributed by atoms with Crippen LogP contribution >= 0.6 is 0 Å². The molecule has 0 aliphatic heterocycles. The van der Waals surface area contributed by atoms with Crippen molar-refractivity contribution in [3.8, 4) is 11.5 Å². The molecule has 2 aromatic rings. The number of hydrogen-bond acceptors (Lipinski definition) is 6. The minimum Gasteiger partial charge on any atom is -0.494 e. The summed E-state index contributed by atoms with van der Waals surface area (Å²) in [6.07, 6.45) is -2.80. The van der Waals surface area contributed by atoms with E-state index >= 15 is 0 Å². The second-order valence-corrected chi connectivity index (χ2v) is 6.81. The van der Waals surface area contributed by atoms with Crippen LogP contribution in [-0.4, -0.2) is 47.7 Å². The van der Waals surface area contributed by atoms with E-state index in [0.29, 0.717) is 31.0 Å². The third-order valence-electron chi connectivity index (χ3n) is 4.07. The Balaban J connectivity index is 1.87. The van der Waals surface area contributed by atoms with Crippen LogP contribution in [0.1, 0.15) is 25.3 Å². The molecular formula is C22H24F3N3O5. The fourth-order valence-corrected chi connectivity index (χ4v) is 2.72. The van der Waals surface area contributed by atoms with E-state index in [-0.39, 0.29) is 18.7 Å². The van der Waals surface area contributed by atoms with E-state index in [1.165, 1.54) is 23.4 Å². The Kier molecular flexibility index (Phi) is 9.52. The highest BCUT2D eigenvalue weighted by molar-refractivity contribution is 5.92. The van der Waals surface area contributed by atoms with E-state index in [1.54, 1.807) is 19.1 Å². The van der Waals surface area contributed by atoms with Gasteiger partial charge in [-0.2, -0.15) is 5.10 Å². The molecule has 2 aromatic carbocycles. The van der Waals surface area contributed by atoms with Gasteiger partial charge in [-0.3, -0.25) is 14.6 Å². The molecule has 8 nitrogen and oxygen atoms in total. The van der Waals surface area contributed by atoms with Crippen molar-refractivity contribution in [2.24, 2.45) is 5.10 Å². The van der Waals surface area contributed by atoms with Crippen LogP contribution in [0.4, 0.5) is 18.9 Å². The number of amides is 1. The first-order chi connectivity index (χ1) is 15.6. The molecular weight excluding hydrogens is 443 g/mol. The lowest BCUT2D eigenvalue weighted by Crippen LogP contribution is -2.29. The SMILES string of the molecule is C/C=N\N(CC(=O)Nc1ccc(OC(F)(F)F)cc1)Cc1ccc(OCCCC(=O)O)cc1. The molecule has 1 amide bonds. The van der Waals surface area contributed by atoms with E-state index in [2.05, 4.69) is 15.2 Å². The largest absolute Gasteiger partial charge is 0.573 e. The van der Waals surface area contributed by atoms with E-state index in [9.17, 15) is 22.8 Å². The van der Waals surface area contributed by atoms with Crippen molar-refractivity contribution in [3.05, 3.63) is 54.1 Å². The molecule has 2 rings (SSSR count). The van der Waals surface area contributed by atoms with Gasteiger partial charge in [-0.15, -0.1) is 13.2 Å². The van der Waals surface area contributed by atoms with Gasteiger partial charge < -0.3 is 19.9 Å². The summed E-state index contributed by atoms with van der Waals surface area (Å²) in [5.41, 5.74) is 1.18. The number of rotatable bonds is 12. The zero-order chi connectivity index (χ0) is 24.3. The van der Waals surface area contributed by atoms with Gasteiger partial charge >= 0.3 is 12.3 Å². The molecule has 0 aromatic heterocycles. The zero-order valence-corrected chi connectivity index (χ0v) is 17.8. The maximum atomic E-state index is 12.4. The highest BCUT2D eigenvalue weighted by atomic mass is 19.4. The number of carboxylic acids is 1. The molecule has 0 unspecified atom stereocenters. The Morgan fingerprint density at radius 3 is 2.30 bits per heavy atom. The highest BCUT2D eigenvalue weighted by Gasteiger charge is 2.30. The van der Waals surface area contributed by atoms with Gasteiger partial charge in [0.15, 0.2) is 0 Å². The molecule has 0 aliphatic rings. The number of ether oxygens (including phenoxy) is 2. The van der Waals surface area contributed by atoms with Crippen LogP contribution in [0, 0.1) is 0 Å². The summed E-state index contributed by atoms with van der Waals surface area (Å²) in [5.74, 6) is -1.05. The second-order valence-electron chi connectivity index (χ2n) is 6.81. The minimum absolute atomic E-state index is 0.0373. The molecule has 0 saturated carbocycles. The number of anilines is 1. The van der Waals surface area contributed by atoms with Crippen LogP contribution in [-0.2, 0) is 16.1 Å². The Labute approximate surface area is 188 Å². The third-order valence-corrected chi connectivity index (χ3v) is 4.07. The highest BCUT2D eigenvalue weighted by Crippen LogP contribution is 2.24. The van der Waals surface area contributed by atoms with Gasteiger partial charge in [-0.05, 0) is 55.3 Å². The van der Waals surface area contributed by atoms with E-state index in [0.717, 1.165) is 17.7 Å². The van der Waals surface area contributed by atoms with Crippen molar-refractivity contribution in [3.63, 3.8) is 0 Å². The maximum Gasteiger partial charge on any atom is 0.573 e. The molecule has 33 heavy (non-hydrogen) atoms. The predicted molar refractivity (Wildman–Crippen MR) is 115 cm³/mol. The van der Waals surface area contributed by atoms with Crippen molar-refractivity contribution < 1.29 is 37.3 Å². The molecule has 178 valence electrons. The molecule has 0 saturated heterocycles. The fraction of sp³-hybridized carbons (Fsp3) is 0.318. The normalized spacial score (nSPS) is 11.3. The lowest BCUT2D eigenvalue weighted by Gasteiger charge is -2.19. The van der Waals surface area contributed by atoms with Crippen LogP contribution in [0.25, 0.3) is 0 Å². The average molecular weight is 467 g/mol. The molecule has 11 heteroatoms. The Hall–Kier alpha value is -3.76. The monoisotopic (exact) mass is 467 g/mol. The molecule has 0 atom stereocenters. The van der Waals surface area contributed by atoms with Gasteiger partial charge in [0.2, 0.25) is 5.91 Å². The smallest absolute Gasteiger partial charge is 0.494 e. The molecule has 0 radical (unpaired) electrons. The summed E-state index contributed by atoms with van der Waals surface area (Å²) in [6, 6.07) is 11.9. The molecule has 0 fully saturated rings. The topological polar surface area (TPSA) is 100 Å². The summed E-state index contributed by atoms with van der Waals surface area (Å²) in [5, 5.41) is 16.9. The summed E-state index contributed by atoms with van der Waals surface area (Å²) in [7, 11) is 0. The van der Waals surface area contributed by atoms with Crippen LogP contribution < -0.4 is 14.8 Å². The van der Waals surface area contributed by atoms with Gasteiger partial charge in [0.05, 0.1) is 13.2 Å². The Morgan fingerprint density at radius 1 is 1.09 bits per heavy atom. The number of halogens is 3. The molecule has 0 spiro atoms. The summed E-state index contributed by atoms with van der Waals surface area (Å²) in [6.45, 7) is 2.24. The van der Waals surface area contributed by atoms with Crippen molar-refractivity contribution in [1.82, 2.24) is 5.01 Å². The quantitative estimate of drug-likeness (QED) is 0.275. The maximum absolute atomic E-state index is 12.4. The van der Waals surface area contributed by atoms with Crippen LogP contribution in [0.3, 0.4) is 0 Å². The van der Waals surface area contributed by atoms with E-state index in [4.69, 9.17) is 9.84 Å². The number of benzene rings is 2. The van der Waals surface area contributed by atoms with Crippen molar-refractivity contribution in [2.75, 3.05) is 18.5 Å². The number of alkyl halides is 3. The zero-order valence-electron chi connectivity index (χ0n) is 17.8. The summed E-state index contributed by atoms with van der Waals surface area (Å²) >= 11 is 0. The van der Waals surface area contributed by atoms with E-state index in [1.807, 2.05) is 12.1 Å². The molecule has 0 aliphatic carbocycles. The van der Waals surface area contributed by atoms with Crippen molar-refractivity contribution in [1.29, 1.82) is 0 Å². The number of aliphatic carboxylic acids is 1. The number of carbonyl (C=O) groups excluding carboxylic acids is 1. The molecule has 2 N–H and O–H groups in total. The number of carboxylic acid groups (broad SMARTS) is 1. The molecule has 0 bridgehead atoms. The lowest BCUT2D eigenvalue weighted by atomic mass is 10.2. The van der Waals surface area contributed by atoms with Crippen LogP contribution in [0.2, 0.25) is 0 Å². The number of hydrogen-bond donors (Lipinski definition) is 2. The van der Waals surface area contributed by atoms with Gasteiger partial charge in [-0.25, -0.2) is 0 Å². The van der Waals surface area contributed by atoms with Crippen LogP contribution in [0.5, 0.6) is 11.5 Å². The molecule has 0 heterocycles. The van der Waals surface area contributed by atoms with Gasteiger partial charge in [-0.1, -0.05) is 12.1 Å². The van der Waals surface area contributed by atoms with Crippen LogP contribution in [0.15, 0.2) is 53.6 Å². The lowest BCUT2D eigenvalue weighted by molar-refractivity contribution is -0.274. The fourth-order valence-electron chi connectivity index (χ4n) is 2.72. The second kappa shape index (κ2) is 12.3. The van der Waals surface area contributed by atoms with E-state index < -0.39 is 18.2 Å². The number of hydrazone groups is 1. The number of nitrogens with one attached hydrogen (secondary N) is 1. The number of carbonyl (C=O) groups is 2. The first-order valence-corrected chi connectivity index (χ1v) is 9.97. The summed E-state index contributed by atoms with van der Waals surface area (Å²) < 4.78 is 46.0. The Morgan fingerprint density at radius 2 is 1.73 bits per heavy atom. The Bertz CT molecular complexity index is 932. The standard InChI is InChI=1S/C22H24F3N3O5/c1-2-26-28(14-16-5-9-18(10-6-16)32-13-3-4-21(30)31)15-20(29)27-17-7-11-19(12-8-17)33-22(23,24)25/h2,5-12H,3-4,13-15H2,1H3,(H,27,29)(H,30,31)/b26-2-. The number of nitrogens with zero attached hydrogens (tertiary/aromatic N) is 2. The first kappa shape index (κ1) is 25.5. The predicted octanol–water partition coefficient (Wildman–Crippen LogP) is 4.28. The third kappa shape index (κ3) is 10.4. The van der Waals surface area contributed by atoms with Crippen molar-refractivity contribution in [2.45, 2.75) is 32.7 Å². The van der Waals surface area contributed by atoms with Gasteiger partial charge in [0.25, 0.3) is 0 Å². The average Bonchev–Trinajstić information content (AvgIpc) is 2.73.